The van der Waals surface area contributed by atoms with E-state index in [0.717, 1.165) is 18.7 Å². The Morgan fingerprint density at radius 1 is 1.57 bits per heavy atom. The average molecular weight is 295 g/mol. The van der Waals surface area contributed by atoms with Gasteiger partial charge in [0.1, 0.15) is 5.60 Å². The van der Waals surface area contributed by atoms with Crippen LogP contribution in [0.25, 0.3) is 0 Å². The summed E-state index contributed by atoms with van der Waals surface area (Å²) in [6.07, 6.45) is 4.11. The van der Waals surface area contributed by atoms with E-state index in [2.05, 4.69) is 21.8 Å². The molecule has 0 radical (unpaired) electrons. The fraction of sp³-hybridized carbons (Fsp3) is 0.733. The van der Waals surface area contributed by atoms with Crippen molar-refractivity contribution < 1.29 is 14.3 Å². The second-order valence-electron chi connectivity index (χ2n) is 6.86. The average Bonchev–Trinajstić information content (AvgIpc) is 2.94. The van der Waals surface area contributed by atoms with Crippen LogP contribution in [0.15, 0.2) is 12.5 Å². The molecule has 0 aliphatic carbocycles. The zero-order valence-electron chi connectivity index (χ0n) is 13.5. The molecule has 0 bridgehead atoms. The van der Waals surface area contributed by atoms with Gasteiger partial charge in [0, 0.05) is 6.61 Å². The maximum absolute atomic E-state index is 11.9. The summed E-state index contributed by atoms with van der Waals surface area (Å²) >= 11 is 0. The number of hydrogen-bond donors (Lipinski definition) is 1. The largest absolute Gasteiger partial charge is 0.444 e. The molecule has 1 amide bonds. The van der Waals surface area contributed by atoms with Crippen LogP contribution in [0.1, 0.15) is 52.8 Å². The smallest absolute Gasteiger partial charge is 0.408 e. The zero-order chi connectivity index (χ0) is 15.7. The molecule has 2 atom stereocenters. The predicted octanol–water partition coefficient (Wildman–Crippen LogP) is 2.60. The lowest BCUT2D eigenvalue weighted by Crippen LogP contribution is -2.37. The summed E-state index contributed by atoms with van der Waals surface area (Å²) < 4.78 is 12.9. The fourth-order valence-electron chi connectivity index (χ4n) is 2.48. The zero-order valence-corrected chi connectivity index (χ0v) is 13.5. The van der Waals surface area contributed by atoms with E-state index in [9.17, 15) is 4.79 Å². The SMILES string of the molecule is CC(NC(=O)OC(C)(C)C)c1cncn1C1(C)CCOC1. The Balaban J connectivity index is 2.09. The highest BCUT2D eigenvalue weighted by molar-refractivity contribution is 5.68. The van der Waals surface area contributed by atoms with Gasteiger partial charge in [0.15, 0.2) is 0 Å². The van der Waals surface area contributed by atoms with Gasteiger partial charge in [-0.25, -0.2) is 9.78 Å². The lowest BCUT2D eigenvalue weighted by molar-refractivity contribution is 0.0504. The first-order chi connectivity index (χ1) is 9.71. The summed E-state index contributed by atoms with van der Waals surface area (Å²) in [7, 11) is 0. The number of amides is 1. The molecule has 6 heteroatoms. The molecule has 2 heterocycles. The molecule has 1 aromatic heterocycles. The van der Waals surface area contributed by atoms with E-state index < -0.39 is 11.7 Å². The highest BCUT2D eigenvalue weighted by Crippen LogP contribution is 2.30. The molecule has 1 N–H and O–H groups in total. The van der Waals surface area contributed by atoms with Crippen LogP contribution in [0, 0.1) is 0 Å². The Labute approximate surface area is 125 Å². The topological polar surface area (TPSA) is 65.4 Å². The van der Waals surface area contributed by atoms with Gasteiger partial charge in [-0.3, -0.25) is 0 Å². The Hall–Kier alpha value is -1.56. The van der Waals surface area contributed by atoms with Gasteiger partial charge in [0.05, 0.1) is 36.4 Å². The van der Waals surface area contributed by atoms with E-state index in [1.54, 1.807) is 12.5 Å². The number of rotatable bonds is 3. The minimum absolute atomic E-state index is 0.101. The molecule has 2 unspecified atom stereocenters. The van der Waals surface area contributed by atoms with Crippen molar-refractivity contribution in [3.63, 3.8) is 0 Å². The van der Waals surface area contributed by atoms with E-state index in [-0.39, 0.29) is 11.6 Å². The van der Waals surface area contributed by atoms with E-state index in [0.29, 0.717) is 6.61 Å². The van der Waals surface area contributed by atoms with E-state index >= 15 is 0 Å². The Morgan fingerprint density at radius 2 is 2.29 bits per heavy atom. The van der Waals surface area contributed by atoms with E-state index in [1.165, 1.54) is 0 Å². The molecule has 21 heavy (non-hydrogen) atoms. The summed E-state index contributed by atoms with van der Waals surface area (Å²) in [5, 5.41) is 2.86. The molecule has 1 aliphatic heterocycles. The van der Waals surface area contributed by atoms with Gasteiger partial charge in [-0.05, 0) is 41.0 Å². The monoisotopic (exact) mass is 295 g/mol. The molecule has 2 rings (SSSR count). The summed E-state index contributed by atoms with van der Waals surface area (Å²) in [6, 6.07) is -0.181. The number of carbonyl (C=O) groups excluding carboxylic acids is 1. The number of imidazole rings is 1. The van der Waals surface area contributed by atoms with Gasteiger partial charge >= 0.3 is 6.09 Å². The van der Waals surface area contributed by atoms with Crippen molar-refractivity contribution in [2.45, 2.75) is 58.2 Å². The molecule has 0 saturated carbocycles. The van der Waals surface area contributed by atoms with Crippen molar-refractivity contribution in [1.82, 2.24) is 14.9 Å². The fourth-order valence-corrected chi connectivity index (χ4v) is 2.48. The van der Waals surface area contributed by atoms with Gasteiger partial charge in [-0.15, -0.1) is 0 Å². The van der Waals surface area contributed by atoms with Crippen molar-refractivity contribution in [3.8, 4) is 0 Å². The van der Waals surface area contributed by atoms with Crippen LogP contribution < -0.4 is 5.32 Å². The number of aromatic nitrogens is 2. The second kappa shape index (κ2) is 5.67. The lowest BCUT2D eigenvalue weighted by Gasteiger charge is -2.29. The minimum atomic E-state index is -0.505. The van der Waals surface area contributed by atoms with Gasteiger partial charge in [-0.1, -0.05) is 0 Å². The van der Waals surface area contributed by atoms with Crippen LogP contribution in [0.2, 0.25) is 0 Å². The second-order valence-corrected chi connectivity index (χ2v) is 6.86. The third-order valence-electron chi connectivity index (χ3n) is 3.62. The number of nitrogens with one attached hydrogen (secondary N) is 1. The van der Waals surface area contributed by atoms with Gasteiger partial charge in [-0.2, -0.15) is 0 Å². The van der Waals surface area contributed by atoms with Crippen LogP contribution in [0.4, 0.5) is 4.79 Å². The highest BCUT2D eigenvalue weighted by atomic mass is 16.6. The maximum Gasteiger partial charge on any atom is 0.408 e. The van der Waals surface area contributed by atoms with Crippen LogP contribution >= 0.6 is 0 Å². The first kappa shape index (κ1) is 15.8. The molecule has 1 aliphatic rings. The third kappa shape index (κ3) is 3.75. The standard InChI is InChI=1S/C15H25N3O3/c1-11(17-13(19)21-14(2,3)4)12-8-16-10-18(12)15(5)6-7-20-9-15/h8,10-11H,6-7,9H2,1-5H3,(H,17,19). The number of carbonyl (C=O) groups is 1. The molecule has 1 saturated heterocycles. The van der Waals surface area contributed by atoms with Gasteiger partial charge in [0.25, 0.3) is 0 Å². The van der Waals surface area contributed by atoms with Gasteiger partial charge < -0.3 is 19.4 Å². The third-order valence-corrected chi connectivity index (χ3v) is 3.62. The van der Waals surface area contributed by atoms with Gasteiger partial charge in [0.2, 0.25) is 0 Å². The summed E-state index contributed by atoms with van der Waals surface area (Å²) in [5.41, 5.74) is 0.347. The summed E-state index contributed by atoms with van der Waals surface area (Å²) in [6.45, 7) is 11.0. The van der Waals surface area contributed by atoms with Crippen molar-refractivity contribution in [2.24, 2.45) is 0 Å². The predicted molar refractivity (Wildman–Crippen MR) is 79.1 cm³/mol. The molecule has 6 nitrogen and oxygen atoms in total. The molecular weight excluding hydrogens is 270 g/mol. The van der Waals surface area contributed by atoms with Crippen LogP contribution in [-0.2, 0) is 15.0 Å². The molecule has 0 spiro atoms. The first-order valence-electron chi connectivity index (χ1n) is 7.31. The van der Waals surface area contributed by atoms with Crippen molar-refractivity contribution >= 4 is 6.09 Å². The van der Waals surface area contributed by atoms with Crippen LogP contribution in [-0.4, -0.2) is 34.5 Å². The lowest BCUT2D eigenvalue weighted by atomic mass is 10.0. The number of hydrogen-bond acceptors (Lipinski definition) is 4. The van der Waals surface area contributed by atoms with E-state index in [1.807, 2.05) is 27.7 Å². The first-order valence-corrected chi connectivity index (χ1v) is 7.31. The Morgan fingerprint density at radius 3 is 2.86 bits per heavy atom. The minimum Gasteiger partial charge on any atom is -0.444 e. The normalized spacial score (nSPS) is 23.9. The Bertz CT molecular complexity index is 499. The molecule has 1 aromatic rings. The maximum atomic E-state index is 11.9. The van der Waals surface area contributed by atoms with Crippen LogP contribution in [0.3, 0.4) is 0 Å². The Kier molecular flexibility index (Phi) is 4.27. The van der Waals surface area contributed by atoms with Crippen LogP contribution in [0.5, 0.6) is 0 Å². The summed E-state index contributed by atoms with van der Waals surface area (Å²) in [4.78, 5) is 16.1. The molecule has 118 valence electrons. The molecule has 1 fully saturated rings. The van der Waals surface area contributed by atoms with E-state index in [4.69, 9.17) is 9.47 Å². The summed E-state index contributed by atoms with van der Waals surface area (Å²) in [5.74, 6) is 0. The number of alkyl carbamates (subject to hydrolysis) is 1. The van der Waals surface area contributed by atoms with Crippen molar-refractivity contribution in [1.29, 1.82) is 0 Å². The quantitative estimate of drug-likeness (QED) is 0.931. The number of ether oxygens (including phenoxy) is 2. The van der Waals surface area contributed by atoms with Crippen molar-refractivity contribution in [2.75, 3.05) is 13.2 Å². The number of nitrogens with zero attached hydrogens (tertiary/aromatic N) is 2. The molecule has 0 aromatic carbocycles. The molecular formula is C15H25N3O3. The van der Waals surface area contributed by atoms with Crippen molar-refractivity contribution in [3.05, 3.63) is 18.2 Å². The highest BCUT2D eigenvalue weighted by Gasteiger charge is 2.34.